The molecular weight excluding hydrogens is 488 g/mol. The Morgan fingerprint density at radius 2 is 2.18 bits per heavy atom. The molecule has 0 spiro atoms. The third-order valence-corrected chi connectivity index (χ3v) is 6.09. The van der Waals surface area contributed by atoms with E-state index in [1.54, 1.807) is 42.3 Å². The molecule has 2 aromatic heterocycles. The summed E-state index contributed by atoms with van der Waals surface area (Å²) in [4.78, 5) is 47.6. The van der Waals surface area contributed by atoms with Crippen molar-refractivity contribution in [3.63, 3.8) is 0 Å². The average Bonchev–Trinajstić information content (AvgIpc) is 3.14. The van der Waals surface area contributed by atoms with Crippen LogP contribution in [-0.4, -0.2) is 66.6 Å². The highest BCUT2D eigenvalue weighted by molar-refractivity contribution is 6.12. The number of benzene rings is 1. The first-order valence-electron chi connectivity index (χ1n) is 12.3. The zero-order chi connectivity index (χ0) is 26.9. The summed E-state index contributed by atoms with van der Waals surface area (Å²) in [6, 6.07) is 10.6. The first-order valence-corrected chi connectivity index (χ1v) is 12.3. The number of methoxy groups -OCH3 is 1. The minimum atomic E-state index is -0.466. The minimum absolute atomic E-state index is 0.147. The number of carbonyl (C=O) groups excluding carboxylic acids is 3. The average molecular weight is 517 g/mol. The van der Waals surface area contributed by atoms with Gasteiger partial charge in [0.2, 0.25) is 0 Å². The van der Waals surface area contributed by atoms with Crippen molar-refractivity contribution >= 4 is 40.7 Å². The number of aldehydes is 1. The highest BCUT2D eigenvalue weighted by atomic mass is 16.6. The number of nitriles is 1. The Hall–Kier alpha value is -4.56. The minimum Gasteiger partial charge on any atom is -0.449 e. The molecule has 1 aliphatic heterocycles. The summed E-state index contributed by atoms with van der Waals surface area (Å²) in [5, 5.41) is 15.9. The lowest BCUT2D eigenvalue weighted by molar-refractivity contribution is 0.102. The molecule has 0 aliphatic carbocycles. The maximum Gasteiger partial charge on any atom is 0.410 e. The number of cyclic esters (lactones) is 1. The standard InChI is InChI=1S/C27H28N6O5/c1-37-10-5-8-29-22-13-24(30-15-20(22)14-28)32-26(35)21-7-4-6-18-12-19(23(17-34)31-25(18)21)16-33-9-2-3-11-38-27(33)36/h4,6-7,12-13,15,17H,2-3,5,8-11,16H2,1H3,(H2,29,30,32,35). The predicted octanol–water partition coefficient (Wildman–Crippen LogP) is 3.75. The number of para-hydroxylation sites is 1. The zero-order valence-corrected chi connectivity index (χ0v) is 21.0. The van der Waals surface area contributed by atoms with E-state index in [9.17, 15) is 19.6 Å². The van der Waals surface area contributed by atoms with Crippen LogP contribution in [0.5, 0.6) is 0 Å². The van der Waals surface area contributed by atoms with Crippen LogP contribution in [0.25, 0.3) is 10.9 Å². The summed E-state index contributed by atoms with van der Waals surface area (Å²) < 4.78 is 10.2. The SMILES string of the molecule is COCCCNc1cc(NC(=O)c2cccc3cc(CN4CCCCOC4=O)c(C=O)nc23)ncc1C#N. The quantitative estimate of drug-likeness (QED) is 0.304. The largest absolute Gasteiger partial charge is 0.449 e. The van der Waals surface area contributed by atoms with Gasteiger partial charge in [-0.25, -0.2) is 14.8 Å². The number of fused-ring (bicyclic) bond motifs is 1. The van der Waals surface area contributed by atoms with Gasteiger partial charge in [-0.05, 0) is 31.4 Å². The van der Waals surface area contributed by atoms with E-state index in [2.05, 4.69) is 26.7 Å². The van der Waals surface area contributed by atoms with Crippen LogP contribution in [0.15, 0.2) is 36.5 Å². The Morgan fingerprint density at radius 1 is 1.32 bits per heavy atom. The number of rotatable bonds is 10. The summed E-state index contributed by atoms with van der Waals surface area (Å²) in [6.07, 6.45) is 3.93. The van der Waals surface area contributed by atoms with E-state index in [1.807, 2.05) is 0 Å². The lowest BCUT2D eigenvalue weighted by Gasteiger charge is -2.20. The second-order valence-corrected chi connectivity index (χ2v) is 8.73. The van der Waals surface area contributed by atoms with Gasteiger partial charge in [0.1, 0.15) is 17.6 Å². The second kappa shape index (κ2) is 12.6. The van der Waals surface area contributed by atoms with Gasteiger partial charge in [0.05, 0.1) is 35.5 Å². The maximum absolute atomic E-state index is 13.2. The first-order chi connectivity index (χ1) is 18.5. The molecule has 38 heavy (non-hydrogen) atoms. The van der Waals surface area contributed by atoms with Gasteiger partial charge in [0.25, 0.3) is 5.91 Å². The van der Waals surface area contributed by atoms with E-state index in [4.69, 9.17) is 9.47 Å². The summed E-state index contributed by atoms with van der Waals surface area (Å²) in [5.41, 5.74) is 2.22. The number of carbonyl (C=O) groups is 3. The van der Waals surface area contributed by atoms with Crippen LogP contribution in [0.1, 0.15) is 51.2 Å². The second-order valence-electron chi connectivity index (χ2n) is 8.73. The number of hydrogen-bond donors (Lipinski definition) is 2. The van der Waals surface area contributed by atoms with Gasteiger partial charge < -0.3 is 25.0 Å². The van der Waals surface area contributed by atoms with Crippen molar-refractivity contribution in [2.45, 2.75) is 25.8 Å². The molecule has 0 atom stereocenters. The van der Waals surface area contributed by atoms with Crippen molar-refractivity contribution in [3.05, 3.63) is 58.9 Å². The molecule has 2 N–H and O–H groups in total. The number of pyridine rings is 2. The molecule has 3 heterocycles. The van der Waals surface area contributed by atoms with Crippen LogP contribution in [0.2, 0.25) is 0 Å². The molecule has 0 radical (unpaired) electrons. The van der Waals surface area contributed by atoms with Crippen LogP contribution in [0.3, 0.4) is 0 Å². The molecule has 2 amide bonds. The van der Waals surface area contributed by atoms with Gasteiger partial charge >= 0.3 is 6.09 Å². The number of hydrogen-bond acceptors (Lipinski definition) is 9. The fourth-order valence-electron chi connectivity index (χ4n) is 4.15. The molecular formula is C27H28N6O5. The van der Waals surface area contributed by atoms with Crippen LogP contribution in [0, 0.1) is 11.3 Å². The third kappa shape index (κ3) is 6.22. The normalized spacial score (nSPS) is 13.4. The van der Waals surface area contributed by atoms with Crippen molar-refractivity contribution in [1.82, 2.24) is 14.9 Å². The third-order valence-electron chi connectivity index (χ3n) is 6.09. The van der Waals surface area contributed by atoms with Crippen LogP contribution < -0.4 is 10.6 Å². The van der Waals surface area contributed by atoms with Crippen LogP contribution in [-0.2, 0) is 16.0 Å². The Morgan fingerprint density at radius 3 is 2.97 bits per heavy atom. The molecule has 1 fully saturated rings. The van der Waals surface area contributed by atoms with E-state index in [-0.39, 0.29) is 23.6 Å². The number of anilines is 2. The highest BCUT2D eigenvalue weighted by Crippen LogP contribution is 2.24. The van der Waals surface area contributed by atoms with Gasteiger partial charge in [-0.2, -0.15) is 5.26 Å². The molecule has 196 valence electrons. The summed E-state index contributed by atoms with van der Waals surface area (Å²) in [6.45, 7) is 2.24. The molecule has 11 heteroatoms. The van der Waals surface area contributed by atoms with E-state index in [0.717, 1.165) is 19.3 Å². The van der Waals surface area contributed by atoms with Gasteiger partial charge in [0.15, 0.2) is 6.29 Å². The Labute approximate surface area is 219 Å². The summed E-state index contributed by atoms with van der Waals surface area (Å²) in [5.74, 6) is -0.210. The molecule has 4 rings (SSSR count). The predicted molar refractivity (Wildman–Crippen MR) is 140 cm³/mol. The zero-order valence-electron chi connectivity index (χ0n) is 21.0. The first kappa shape index (κ1) is 26.5. The van der Waals surface area contributed by atoms with Gasteiger partial charge in [0, 0.05) is 50.0 Å². The summed E-state index contributed by atoms with van der Waals surface area (Å²) in [7, 11) is 1.62. The van der Waals surface area contributed by atoms with Crippen LogP contribution in [0.4, 0.5) is 16.3 Å². The topological polar surface area (TPSA) is 147 Å². The highest BCUT2D eigenvalue weighted by Gasteiger charge is 2.21. The Bertz CT molecular complexity index is 1390. The molecule has 0 bridgehead atoms. The van der Waals surface area contributed by atoms with Crippen molar-refractivity contribution in [1.29, 1.82) is 5.26 Å². The van der Waals surface area contributed by atoms with E-state index in [0.29, 0.717) is 60.3 Å². The molecule has 3 aromatic rings. The molecule has 0 saturated carbocycles. The van der Waals surface area contributed by atoms with Crippen LogP contribution >= 0.6 is 0 Å². The monoisotopic (exact) mass is 516 g/mol. The van der Waals surface area contributed by atoms with Crippen molar-refractivity contribution in [2.75, 3.05) is 44.0 Å². The molecule has 0 unspecified atom stereocenters. The number of amides is 2. The number of ether oxygens (including phenoxy) is 2. The lowest BCUT2D eigenvalue weighted by Crippen LogP contribution is -2.30. The van der Waals surface area contributed by atoms with E-state index < -0.39 is 12.0 Å². The lowest BCUT2D eigenvalue weighted by atomic mass is 10.0. The Balaban J connectivity index is 1.58. The van der Waals surface area contributed by atoms with Crippen molar-refractivity contribution < 1.29 is 23.9 Å². The molecule has 1 aromatic carbocycles. The Kier molecular flexibility index (Phi) is 8.79. The van der Waals surface area contributed by atoms with Gasteiger partial charge in [-0.3, -0.25) is 9.59 Å². The molecule has 1 aliphatic rings. The van der Waals surface area contributed by atoms with Gasteiger partial charge in [-0.1, -0.05) is 12.1 Å². The fourth-order valence-corrected chi connectivity index (χ4v) is 4.15. The number of nitrogens with one attached hydrogen (secondary N) is 2. The maximum atomic E-state index is 13.2. The molecule has 1 saturated heterocycles. The summed E-state index contributed by atoms with van der Waals surface area (Å²) >= 11 is 0. The van der Waals surface area contributed by atoms with E-state index >= 15 is 0 Å². The van der Waals surface area contributed by atoms with Crippen molar-refractivity contribution in [2.24, 2.45) is 0 Å². The number of nitrogens with zero attached hydrogens (tertiary/aromatic N) is 4. The van der Waals surface area contributed by atoms with E-state index in [1.165, 1.54) is 6.20 Å². The molecule has 11 nitrogen and oxygen atoms in total. The smallest absolute Gasteiger partial charge is 0.410 e. The number of aromatic nitrogens is 2. The van der Waals surface area contributed by atoms with Gasteiger partial charge in [-0.15, -0.1) is 0 Å². The van der Waals surface area contributed by atoms with Crippen molar-refractivity contribution in [3.8, 4) is 6.07 Å². The fraction of sp³-hybridized carbons (Fsp3) is 0.333.